The van der Waals surface area contributed by atoms with E-state index in [-0.39, 0.29) is 17.8 Å². The summed E-state index contributed by atoms with van der Waals surface area (Å²) < 4.78 is 32.4. The first kappa shape index (κ1) is 22.7. The molecule has 2 aromatic carbocycles. The SMILES string of the molecule is CC(Sc1nnc(-c2ccc(F)cc2)n1CC1CCCO1)C(=O)Nc1ccc2c(c1)OCCO2. The summed E-state index contributed by atoms with van der Waals surface area (Å²) in [6.07, 6.45) is 2.01. The number of anilines is 1. The van der Waals surface area contributed by atoms with Crippen LogP contribution in [-0.4, -0.2) is 51.8 Å². The number of ether oxygens (including phenoxy) is 3. The molecule has 3 aromatic rings. The maximum atomic E-state index is 13.4. The van der Waals surface area contributed by atoms with Crippen LogP contribution in [-0.2, 0) is 16.1 Å². The van der Waals surface area contributed by atoms with Crippen LogP contribution >= 0.6 is 11.8 Å². The van der Waals surface area contributed by atoms with Crippen molar-refractivity contribution in [2.24, 2.45) is 0 Å². The monoisotopic (exact) mass is 484 g/mol. The molecule has 1 fully saturated rings. The van der Waals surface area contributed by atoms with Gasteiger partial charge in [0.15, 0.2) is 22.5 Å². The Morgan fingerprint density at radius 1 is 1.15 bits per heavy atom. The molecule has 1 N–H and O–H groups in total. The van der Waals surface area contributed by atoms with Crippen LogP contribution in [0.4, 0.5) is 10.1 Å². The third-order valence-electron chi connectivity index (χ3n) is 5.69. The van der Waals surface area contributed by atoms with Gasteiger partial charge in [0.2, 0.25) is 5.91 Å². The first-order chi connectivity index (χ1) is 16.6. The molecule has 2 atom stereocenters. The maximum Gasteiger partial charge on any atom is 0.237 e. The van der Waals surface area contributed by atoms with Crippen LogP contribution in [0.25, 0.3) is 11.4 Å². The van der Waals surface area contributed by atoms with Gasteiger partial charge in [0.05, 0.1) is 17.9 Å². The lowest BCUT2D eigenvalue weighted by Crippen LogP contribution is -2.24. The number of rotatable bonds is 7. The molecule has 5 rings (SSSR count). The summed E-state index contributed by atoms with van der Waals surface area (Å²) >= 11 is 1.32. The van der Waals surface area contributed by atoms with Crippen molar-refractivity contribution < 1.29 is 23.4 Å². The number of hydrogen-bond acceptors (Lipinski definition) is 7. The lowest BCUT2D eigenvalue weighted by Gasteiger charge is -2.19. The predicted molar refractivity (Wildman–Crippen MR) is 126 cm³/mol. The van der Waals surface area contributed by atoms with Crippen molar-refractivity contribution >= 4 is 23.4 Å². The van der Waals surface area contributed by atoms with Crippen LogP contribution in [0.3, 0.4) is 0 Å². The Bertz CT molecular complexity index is 1160. The molecule has 0 radical (unpaired) electrons. The number of aromatic nitrogens is 3. The maximum absolute atomic E-state index is 13.4. The Hall–Kier alpha value is -3.11. The van der Waals surface area contributed by atoms with Gasteiger partial charge in [0, 0.05) is 23.9 Å². The van der Waals surface area contributed by atoms with Gasteiger partial charge in [-0.15, -0.1) is 10.2 Å². The van der Waals surface area contributed by atoms with Gasteiger partial charge in [-0.2, -0.15) is 0 Å². The van der Waals surface area contributed by atoms with Gasteiger partial charge in [0.1, 0.15) is 19.0 Å². The van der Waals surface area contributed by atoms with Crippen LogP contribution < -0.4 is 14.8 Å². The van der Waals surface area contributed by atoms with Gasteiger partial charge in [-0.25, -0.2) is 4.39 Å². The third-order valence-corrected chi connectivity index (χ3v) is 6.77. The van der Waals surface area contributed by atoms with Gasteiger partial charge in [-0.3, -0.25) is 9.36 Å². The number of halogens is 1. The number of carbonyl (C=O) groups is 1. The summed E-state index contributed by atoms with van der Waals surface area (Å²) in [5.74, 6) is 1.42. The zero-order chi connectivity index (χ0) is 23.5. The molecule has 2 unspecified atom stereocenters. The fourth-order valence-corrected chi connectivity index (χ4v) is 4.78. The number of hydrogen-bond donors (Lipinski definition) is 1. The van der Waals surface area contributed by atoms with Crippen LogP contribution in [0.1, 0.15) is 19.8 Å². The normalized spacial score (nSPS) is 18.0. The van der Waals surface area contributed by atoms with Gasteiger partial charge < -0.3 is 19.5 Å². The Balaban J connectivity index is 1.33. The number of fused-ring (bicyclic) bond motifs is 1. The molecule has 3 heterocycles. The van der Waals surface area contributed by atoms with E-state index in [1.54, 1.807) is 30.3 Å². The number of thioether (sulfide) groups is 1. The highest BCUT2D eigenvalue weighted by molar-refractivity contribution is 8.00. The third kappa shape index (κ3) is 5.02. The van der Waals surface area contributed by atoms with Gasteiger partial charge in [0.25, 0.3) is 0 Å². The summed E-state index contributed by atoms with van der Waals surface area (Å²) in [4.78, 5) is 12.9. The Morgan fingerprint density at radius 2 is 1.94 bits per heavy atom. The number of amides is 1. The highest BCUT2D eigenvalue weighted by atomic mass is 32.2. The van der Waals surface area contributed by atoms with Gasteiger partial charge in [-0.1, -0.05) is 11.8 Å². The molecule has 8 nitrogen and oxygen atoms in total. The summed E-state index contributed by atoms with van der Waals surface area (Å²) in [6, 6.07) is 11.5. The van der Waals surface area contributed by atoms with E-state index in [9.17, 15) is 9.18 Å². The molecule has 0 aliphatic carbocycles. The van der Waals surface area contributed by atoms with E-state index in [0.717, 1.165) is 25.0 Å². The Kier molecular flexibility index (Phi) is 6.68. The van der Waals surface area contributed by atoms with E-state index >= 15 is 0 Å². The lowest BCUT2D eigenvalue weighted by molar-refractivity contribution is -0.115. The lowest BCUT2D eigenvalue weighted by atomic mass is 10.2. The zero-order valence-corrected chi connectivity index (χ0v) is 19.5. The van der Waals surface area contributed by atoms with E-state index in [1.807, 2.05) is 11.5 Å². The zero-order valence-electron chi connectivity index (χ0n) is 18.7. The smallest absolute Gasteiger partial charge is 0.237 e. The van der Waals surface area contributed by atoms with E-state index in [2.05, 4.69) is 15.5 Å². The second-order valence-corrected chi connectivity index (χ2v) is 9.47. The van der Waals surface area contributed by atoms with E-state index < -0.39 is 5.25 Å². The average molecular weight is 485 g/mol. The standard InChI is InChI=1S/C24H25FN4O4S/c1-15(23(30)26-18-8-9-20-21(13-18)33-12-11-32-20)34-24-28-27-22(16-4-6-17(25)7-5-16)29(24)14-19-3-2-10-31-19/h4-9,13,15,19H,2-3,10-12,14H2,1H3,(H,26,30). The molecule has 0 saturated carbocycles. The fourth-order valence-electron chi connectivity index (χ4n) is 3.92. The van der Waals surface area contributed by atoms with Crippen LogP contribution in [0.15, 0.2) is 47.6 Å². The van der Waals surface area contributed by atoms with E-state index in [0.29, 0.717) is 47.9 Å². The first-order valence-electron chi connectivity index (χ1n) is 11.2. The molecule has 34 heavy (non-hydrogen) atoms. The minimum Gasteiger partial charge on any atom is -0.486 e. The number of benzene rings is 2. The van der Waals surface area contributed by atoms with Crippen LogP contribution in [0, 0.1) is 5.82 Å². The predicted octanol–water partition coefficient (Wildman–Crippen LogP) is 4.15. The molecular weight excluding hydrogens is 459 g/mol. The summed E-state index contributed by atoms with van der Waals surface area (Å²) in [6.45, 7) is 4.11. The highest BCUT2D eigenvalue weighted by Crippen LogP contribution is 2.33. The molecule has 1 saturated heterocycles. The largest absolute Gasteiger partial charge is 0.486 e. The molecule has 2 aliphatic rings. The fraction of sp³-hybridized carbons (Fsp3) is 0.375. The number of carbonyl (C=O) groups excluding carboxylic acids is 1. The van der Waals surface area contributed by atoms with Gasteiger partial charge >= 0.3 is 0 Å². The van der Waals surface area contributed by atoms with Crippen molar-refractivity contribution in [2.75, 3.05) is 25.1 Å². The van der Waals surface area contributed by atoms with Crippen molar-refractivity contribution in [3.05, 3.63) is 48.3 Å². The average Bonchev–Trinajstić information content (AvgIpc) is 3.50. The van der Waals surface area contributed by atoms with Gasteiger partial charge in [-0.05, 0) is 56.2 Å². The van der Waals surface area contributed by atoms with Crippen LogP contribution in [0.5, 0.6) is 11.5 Å². The summed E-state index contributed by atoms with van der Waals surface area (Å²) in [5, 5.41) is 11.8. The molecule has 10 heteroatoms. The van der Waals surface area contributed by atoms with Crippen LogP contribution in [0.2, 0.25) is 0 Å². The minimum absolute atomic E-state index is 0.0522. The van der Waals surface area contributed by atoms with Crippen molar-refractivity contribution in [2.45, 2.75) is 42.8 Å². The second kappa shape index (κ2) is 10.0. The Labute approximate surface area is 200 Å². The quantitative estimate of drug-likeness (QED) is 0.504. The molecule has 2 aliphatic heterocycles. The summed E-state index contributed by atoms with van der Waals surface area (Å²) in [7, 11) is 0. The Morgan fingerprint density at radius 3 is 2.71 bits per heavy atom. The molecule has 1 aromatic heterocycles. The van der Waals surface area contributed by atoms with Crippen molar-refractivity contribution in [1.29, 1.82) is 0 Å². The second-order valence-electron chi connectivity index (χ2n) is 8.17. The molecular formula is C24H25FN4O4S. The molecule has 0 spiro atoms. The van der Waals surface area contributed by atoms with Crippen molar-refractivity contribution in [3.8, 4) is 22.9 Å². The van der Waals surface area contributed by atoms with E-state index in [4.69, 9.17) is 14.2 Å². The topological polar surface area (TPSA) is 87.5 Å². The number of nitrogens with one attached hydrogen (secondary N) is 1. The first-order valence-corrected chi connectivity index (χ1v) is 12.1. The van der Waals surface area contributed by atoms with Crippen molar-refractivity contribution in [1.82, 2.24) is 14.8 Å². The molecule has 0 bridgehead atoms. The van der Waals surface area contributed by atoms with E-state index in [1.165, 1.54) is 23.9 Å². The minimum atomic E-state index is -0.443. The van der Waals surface area contributed by atoms with Crippen molar-refractivity contribution in [3.63, 3.8) is 0 Å². The summed E-state index contributed by atoms with van der Waals surface area (Å²) in [5.41, 5.74) is 1.39. The molecule has 178 valence electrons. The highest BCUT2D eigenvalue weighted by Gasteiger charge is 2.25. The number of nitrogens with zero attached hydrogens (tertiary/aromatic N) is 3. The molecule has 1 amide bonds.